The van der Waals surface area contributed by atoms with Crippen molar-refractivity contribution in [2.45, 2.75) is 24.9 Å². The van der Waals surface area contributed by atoms with Gasteiger partial charge in [-0.05, 0) is 19.1 Å². The van der Waals surface area contributed by atoms with Gasteiger partial charge in [0.2, 0.25) is 16.8 Å². The summed E-state index contributed by atoms with van der Waals surface area (Å²) in [6.45, 7) is 3.14. The molecule has 0 saturated carbocycles. The molecule has 0 saturated heterocycles. The molecule has 0 bridgehead atoms. The molecule has 0 spiro atoms. The van der Waals surface area contributed by atoms with Gasteiger partial charge in [-0.15, -0.1) is 10.2 Å². The zero-order valence-corrected chi connectivity index (χ0v) is 12.7. The first-order valence-corrected chi connectivity index (χ1v) is 8.28. The largest absolute Gasteiger partial charge is 0.454 e. The second-order valence-electron chi connectivity index (χ2n) is 5.17. The summed E-state index contributed by atoms with van der Waals surface area (Å²) in [6, 6.07) is 4.65. The fourth-order valence-corrected chi connectivity index (χ4v) is 4.07. The highest BCUT2D eigenvalue weighted by Gasteiger charge is 2.31. The van der Waals surface area contributed by atoms with Gasteiger partial charge in [0.15, 0.2) is 11.5 Å². The van der Waals surface area contributed by atoms with E-state index in [1.807, 2.05) is 11.5 Å². The molecule has 0 N–H and O–H groups in total. The summed E-state index contributed by atoms with van der Waals surface area (Å²) >= 11 is 0. The van der Waals surface area contributed by atoms with E-state index in [1.54, 1.807) is 6.07 Å². The quantitative estimate of drug-likeness (QED) is 0.801. The van der Waals surface area contributed by atoms with Crippen molar-refractivity contribution in [3.8, 4) is 11.5 Å². The predicted octanol–water partition coefficient (Wildman–Crippen LogP) is 0.520. The normalized spacial score (nSPS) is 17.5. The molecule has 116 valence electrons. The van der Waals surface area contributed by atoms with Gasteiger partial charge in [-0.3, -0.25) is 0 Å². The molecule has 22 heavy (non-hydrogen) atoms. The molecule has 1 aromatic carbocycles. The van der Waals surface area contributed by atoms with Gasteiger partial charge in [0.05, 0.1) is 11.4 Å². The molecular weight excluding hydrogens is 308 g/mol. The van der Waals surface area contributed by atoms with Crippen LogP contribution < -0.4 is 9.47 Å². The number of benzene rings is 1. The van der Waals surface area contributed by atoms with Crippen molar-refractivity contribution in [1.29, 1.82) is 0 Å². The smallest absolute Gasteiger partial charge is 0.243 e. The van der Waals surface area contributed by atoms with Crippen molar-refractivity contribution in [1.82, 2.24) is 19.1 Å². The molecule has 0 unspecified atom stereocenters. The molecule has 3 heterocycles. The molecule has 0 amide bonds. The van der Waals surface area contributed by atoms with Crippen molar-refractivity contribution < 1.29 is 17.9 Å². The molecule has 2 aliphatic rings. The van der Waals surface area contributed by atoms with E-state index in [0.29, 0.717) is 30.4 Å². The number of rotatable bonds is 2. The average Bonchev–Trinajstić information content (AvgIpc) is 3.13. The number of aryl methyl sites for hydroxylation is 1. The van der Waals surface area contributed by atoms with E-state index in [2.05, 4.69) is 10.2 Å². The number of nitrogens with zero attached hydrogens (tertiary/aromatic N) is 4. The molecule has 9 heteroatoms. The van der Waals surface area contributed by atoms with Gasteiger partial charge in [0.25, 0.3) is 0 Å². The van der Waals surface area contributed by atoms with Gasteiger partial charge < -0.3 is 14.0 Å². The van der Waals surface area contributed by atoms with Crippen LogP contribution in [0.3, 0.4) is 0 Å². The third-order valence-corrected chi connectivity index (χ3v) is 5.73. The first-order chi connectivity index (χ1) is 10.6. The summed E-state index contributed by atoms with van der Waals surface area (Å²) in [6.07, 6.45) is 0. The Balaban J connectivity index is 1.67. The fraction of sp³-hybridized carbons (Fsp3) is 0.385. The highest BCUT2D eigenvalue weighted by atomic mass is 32.2. The number of hydrogen-bond donors (Lipinski definition) is 0. The van der Waals surface area contributed by atoms with Crippen LogP contribution >= 0.6 is 0 Å². The van der Waals surface area contributed by atoms with Crippen LogP contribution in [0.1, 0.15) is 11.6 Å². The molecule has 1 aromatic heterocycles. The van der Waals surface area contributed by atoms with Crippen LogP contribution in [0.15, 0.2) is 23.1 Å². The zero-order valence-electron chi connectivity index (χ0n) is 11.9. The highest BCUT2D eigenvalue weighted by molar-refractivity contribution is 7.89. The molecule has 2 aliphatic heterocycles. The summed E-state index contributed by atoms with van der Waals surface area (Å²) in [5.74, 6) is 2.48. The van der Waals surface area contributed by atoms with Crippen LogP contribution in [0.25, 0.3) is 0 Å². The fourth-order valence-electron chi connectivity index (χ4n) is 2.67. The molecule has 2 aromatic rings. The Hall–Kier alpha value is -2.13. The summed E-state index contributed by atoms with van der Waals surface area (Å²) in [5, 5.41) is 8.02. The van der Waals surface area contributed by atoms with Gasteiger partial charge in [0, 0.05) is 19.2 Å². The highest BCUT2D eigenvalue weighted by Crippen LogP contribution is 2.35. The number of ether oxygens (including phenoxy) is 2. The lowest BCUT2D eigenvalue weighted by Gasteiger charge is -2.26. The minimum absolute atomic E-state index is 0.116. The average molecular weight is 322 g/mol. The summed E-state index contributed by atoms with van der Waals surface area (Å²) in [4.78, 5) is 0.196. The third kappa shape index (κ3) is 1.97. The first-order valence-electron chi connectivity index (χ1n) is 6.84. The van der Waals surface area contributed by atoms with Crippen molar-refractivity contribution in [3.05, 3.63) is 29.8 Å². The predicted molar refractivity (Wildman–Crippen MR) is 74.9 cm³/mol. The molecule has 0 fully saturated rings. The maximum atomic E-state index is 12.8. The molecular formula is C13H14N4O4S. The summed E-state index contributed by atoms with van der Waals surface area (Å²) < 4.78 is 39.4. The summed E-state index contributed by atoms with van der Waals surface area (Å²) in [5.41, 5.74) is 0. The van der Waals surface area contributed by atoms with Crippen LogP contribution in [-0.2, 0) is 23.1 Å². The van der Waals surface area contributed by atoms with E-state index in [0.717, 1.165) is 5.82 Å². The van der Waals surface area contributed by atoms with E-state index in [9.17, 15) is 8.42 Å². The van der Waals surface area contributed by atoms with Crippen LogP contribution in [0, 0.1) is 6.92 Å². The van der Waals surface area contributed by atoms with Crippen molar-refractivity contribution in [2.24, 2.45) is 0 Å². The van der Waals surface area contributed by atoms with E-state index < -0.39 is 10.0 Å². The number of sulfonamides is 1. The van der Waals surface area contributed by atoms with Crippen molar-refractivity contribution in [2.75, 3.05) is 13.3 Å². The van der Waals surface area contributed by atoms with E-state index in [4.69, 9.17) is 9.47 Å². The molecule has 0 aliphatic carbocycles. The standard InChI is InChI=1S/C13H14N4O4S/c1-9-14-15-13-7-16(4-5-17(9)13)22(18,19)10-2-3-11-12(6-10)21-8-20-11/h2-3,6H,4-5,7-8H2,1H3. The Morgan fingerprint density at radius 1 is 1.14 bits per heavy atom. The zero-order chi connectivity index (χ0) is 15.3. The maximum Gasteiger partial charge on any atom is 0.243 e. The molecule has 0 radical (unpaired) electrons. The van der Waals surface area contributed by atoms with Crippen LogP contribution in [-0.4, -0.2) is 40.8 Å². The number of hydrogen-bond acceptors (Lipinski definition) is 6. The third-order valence-electron chi connectivity index (χ3n) is 3.88. The van der Waals surface area contributed by atoms with Gasteiger partial charge in [0.1, 0.15) is 11.6 Å². The Morgan fingerprint density at radius 2 is 1.95 bits per heavy atom. The second kappa shape index (κ2) is 4.68. The van der Waals surface area contributed by atoms with E-state index in [-0.39, 0.29) is 18.2 Å². The van der Waals surface area contributed by atoms with Crippen molar-refractivity contribution in [3.63, 3.8) is 0 Å². The topological polar surface area (TPSA) is 86.6 Å². The van der Waals surface area contributed by atoms with Crippen LogP contribution in [0.4, 0.5) is 0 Å². The van der Waals surface area contributed by atoms with Gasteiger partial charge in [-0.1, -0.05) is 0 Å². The SMILES string of the molecule is Cc1nnc2n1CCN(S(=O)(=O)c1ccc3c(c1)OCO3)C2. The Morgan fingerprint density at radius 3 is 2.82 bits per heavy atom. The lowest BCUT2D eigenvalue weighted by atomic mass is 10.3. The minimum Gasteiger partial charge on any atom is -0.454 e. The Labute approximate surface area is 127 Å². The minimum atomic E-state index is -3.60. The molecule has 4 rings (SSSR count). The van der Waals surface area contributed by atoms with Gasteiger partial charge in [-0.2, -0.15) is 4.31 Å². The Bertz CT molecular complexity index is 846. The van der Waals surface area contributed by atoms with Crippen LogP contribution in [0.2, 0.25) is 0 Å². The second-order valence-corrected chi connectivity index (χ2v) is 7.11. The lowest BCUT2D eigenvalue weighted by molar-refractivity contribution is 0.174. The number of fused-ring (bicyclic) bond motifs is 2. The maximum absolute atomic E-state index is 12.8. The first kappa shape index (κ1) is 13.5. The Kier molecular flexibility index (Phi) is 2.88. The van der Waals surface area contributed by atoms with Gasteiger partial charge in [-0.25, -0.2) is 8.42 Å². The van der Waals surface area contributed by atoms with Gasteiger partial charge >= 0.3 is 0 Å². The monoisotopic (exact) mass is 322 g/mol. The molecule has 8 nitrogen and oxygen atoms in total. The number of aromatic nitrogens is 3. The van der Waals surface area contributed by atoms with E-state index >= 15 is 0 Å². The van der Waals surface area contributed by atoms with Crippen LogP contribution in [0.5, 0.6) is 11.5 Å². The lowest BCUT2D eigenvalue weighted by Crippen LogP contribution is -2.38. The summed E-state index contributed by atoms with van der Waals surface area (Å²) in [7, 11) is -3.60. The van der Waals surface area contributed by atoms with E-state index in [1.165, 1.54) is 16.4 Å². The van der Waals surface area contributed by atoms with Crippen molar-refractivity contribution >= 4 is 10.0 Å². The molecule has 0 atom stereocenters.